The van der Waals surface area contributed by atoms with Crippen molar-refractivity contribution in [3.63, 3.8) is 0 Å². The van der Waals surface area contributed by atoms with Crippen molar-refractivity contribution < 1.29 is 23.9 Å². The predicted octanol–water partition coefficient (Wildman–Crippen LogP) is 2.52. The number of fused-ring (bicyclic) bond motifs is 1. The molecule has 0 aromatic heterocycles. The number of hydrogen-bond donors (Lipinski definition) is 0. The molecule has 0 unspecified atom stereocenters. The van der Waals surface area contributed by atoms with Gasteiger partial charge in [0, 0.05) is 13.1 Å². The minimum atomic E-state index is -0.460. The van der Waals surface area contributed by atoms with E-state index in [4.69, 9.17) is 9.47 Å². The van der Waals surface area contributed by atoms with E-state index in [1.807, 2.05) is 12.1 Å². The Balaban J connectivity index is 1.47. The molecule has 3 rings (SSSR count). The van der Waals surface area contributed by atoms with Crippen LogP contribution >= 0.6 is 0 Å². The molecular weight excluding hydrogens is 346 g/mol. The predicted molar refractivity (Wildman–Crippen MR) is 99.3 cm³/mol. The number of piperidine rings is 1. The molecule has 0 saturated carbocycles. The summed E-state index contributed by atoms with van der Waals surface area (Å²) >= 11 is 0. The molecule has 1 heterocycles. The molecule has 1 saturated heterocycles. The van der Waals surface area contributed by atoms with Crippen molar-refractivity contribution in [2.75, 3.05) is 26.3 Å². The fourth-order valence-corrected chi connectivity index (χ4v) is 3.79. The van der Waals surface area contributed by atoms with Crippen molar-refractivity contribution in [3.05, 3.63) is 34.9 Å². The number of benzene rings is 1. The number of ether oxygens (including phenoxy) is 2. The molecule has 6 heteroatoms. The summed E-state index contributed by atoms with van der Waals surface area (Å²) in [6.07, 6.45) is 5.56. The Labute approximate surface area is 159 Å². The van der Waals surface area contributed by atoms with Gasteiger partial charge in [-0.25, -0.2) is 4.79 Å². The van der Waals surface area contributed by atoms with Crippen molar-refractivity contribution in [1.82, 2.24) is 4.90 Å². The minimum Gasteiger partial charge on any atom is -0.466 e. The van der Waals surface area contributed by atoms with Gasteiger partial charge in [-0.1, -0.05) is 6.07 Å². The summed E-state index contributed by atoms with van der Waals surface area (Å²) in [5.74, 6) is -1.02. The second kappa shape index (κ2) is 9.02. The second-order valence-electron chi connectivity index (χ2n) is 7.17. The first-order chi connectivity index (χ1) is 13.1. The number of carbonyl (C=O) groups is 3. The van der Waals surface area contributed by atoms with E-state index < -0.39 is 5.97 Å². The summed E-state index contributed by atoms with van der Waals surface area (Å²) in [6, 6.07) is 5.67. The minimum absolute atomic E-state index is 0.146. The highest BCUT2D eigenvalue weighted by Gasteiger charge is 2.28. The highest BCUT2D eigenvalue weighted by atomic mass is 16.5. The molecule has 0 atom stereocenters. The quantitative estimate of drug-likeness (QED) is 0.742. The van der Waals surface area contributed by atoms with Gasteiger partial charge >= 0.3 is 11.9 Å². The maximum atomic E-state index is 12.3. The Morgan fingerprint density at radius 2 is 1.74 bits per heavy atom. The zero-order valence-corrected chi connectivity index (χ0v) is 15.9. The van der Waals surface area contributed by atoms with Gasteiger partial charge in [0.1, 0.15) is 0 Å². The number of amides is 1. The third kappa shape index (κ3) is 4.87. The zero-order valence-electron chi connectivity index (χ0n) is 15.9. The van der Waals surface area contributed by atoms with E-state index in [1.54, 1.807) is 17.9 Å². The lowest BCUT2D eigenvalue weighted by atomic mass is 9.90. The highest BCUT2D eigenvalue weighted by Crippen LogP contribution is 2.23. The molecule has 146 valence electrons. The number of nitrogens with zero attached hydrogens (tertiary/aromatic N) is 1. The van der Waals surface area contributed by atoms with Crippen molar-refractivity contribution in [2.24, 2.45) is 5.92 Å². The maximum Gasteiger partial charge on any atom is 0.338 e. The number of aryl methyl sites for hydroxylation is 2. The van der Waals surface area contributed by atoms with Crippen molar-refractivity contribution in [2.45, 2.75) is 45.4 Å². The first-order valence-corrected chi connectivity index (χ1v) is 9.82. The van der Waals surface area contributed by atoms with Crippen LogP contribution < -0.4 is 0 Å². The number of carbonyl (C=O) groups excluding carboxylic acids is 3. The van der Waals surface area contributed by atoms with E-state index >= 15 is 0 Å². The lowest BCUT2D eigenvalue weighted by molar-refractivity contribution is -0.151. The third-order valence-corrected chi connectivity index (χ3v) is 5.38. The Kier molecular flexibility index (Phi) is 6.48. The highest BCUT2D eigenvalue weighted by molar-refractivity contribution is 5.91. The van der Waals surface area contributed by atoms with E-state index in [9.17, 15) is 14.4 Å². The topological polar surface area (TPSA) is 72.9 Å². The Hall–Kier alpha value is -2.37. The number of esters is 2. The van der Waals surface area contributed by atoms with Crippen LogP contribution in [-0.2, 0) is 31.9 Å². The molecule has 1 aliphatic carbocycles. The van der Waals surface area contributed by atoms with Gasteiger partial charge in [0.25, 0.3) is 5.91 Å². The van der Waals surface area contributed by atoms with E-state index in [2.05, 4.69) is 0 Å². The van der Waals surface area contributed by atoms with Crippen LogP contribution in [0.2, 0.25) is 0 Å². The van der Waals surface area contributed by atoms with E-state index in [0.29, 0.717) is 38.1 Å². The summed E-state index contributed by atoms with van der Waals surface area (Å²) in [6.45, 7) is 2.86. The van der Waals surface area contributed by atoms with Crippen LogP contribution in [-0.4, -0.2) is 49.0 Å². The van der Waals surface area contributed by atoms with Gasteiger partial charge in [0.05, 0.1) is 18.1 Å². The molecule has 0 bridgehead atoms. The average Bonchev–Trinajstić information content (AvgIpc) is 2.71. The fourth-order valence-electron chi connectivity index (χ4n) is 3.79. The average molecular weight is 373 g/mol. The first-order valence-electron chi connectivity index (χ1n) is 9.82. The summed E-state index contributed by atoms with van der Waals surface area (Å²) < 4.78 is 10.3. The molecule has 1 fully saturated rings. The van der Waals surface area contributed by atoms with Crippen LogP contribution in [0.25, 0.3) is 0 Å². The van der Waals surface area contributed by atoms with Crippen LogP contribution in [0.1, 0.15) is 54.1 Å². The van der Waals surface area contributed by atoms with Gasteiger partial charge in [-0.05, 0) is 68.7 Å². The van der Waals surface area contributed by atoms with E-state index in [0.717, 1.165) is 19.3 Å². The molecule has 2 aliphatic rings. The van der Waals surface area contributed by atoms with E-state index in [1.165, 1.54) is 17.5 Å². The smallest absolute Gasteiger partial charge is 0.338 e. The molecule has 0 spiro atoms. The SMILES string of the molecule is CCOC(=O)C1CCN(C(=O)COC(=O)c2ccc3c(c2)CCCC3)CC1. The van der Waals surface area contributed by atoms with Crippen molar-refractivity contribution >= 4 is 17.8 Å². The van der Waals surface area contributed by atoms with Gasteiger partial charge in [-0.3, -0.25) is 9.59 Å². The standard InChI is InChI=1S/C21H27NO5/c1-2-26-20(24)16-9-11-22(12-10-16)19(23)14-27-21(25)18-8-7-15-5-3-4-6-17(15)13-18/h7-8,13,16H,2-6,9-12,14H2,1H3. The molecular formula is C21H27NO5. The van der Waals surface area contributed by atoms with Crippen LogP contribution in [0.15, 0.2) is 18.2 Å². The maximum absolute atomic E-state index is 12.3. The van der Waals surface area contributed by atoms with Crippen molar-refractivity contribution in [1.29, 1.82) is 0 Å². The van der Waals surface area contributed by atoms with Gasteiger partial charge in [0.2, 0.25) is 0 Å². The van der Waals surface area contributed by atoms with Gasteiger partial charge in [-0.2, -0.15) is 0 Å². The molecule has 27 heavy (non-hydrogen) atoms. The lowest BCUT2D eigenvalue weighted by Crippen LogP contribution is -2.42. The van der Waals surface area contributed by atoms with Gasteiger partial charge in [0.15, 0.2) is 6.61 Å². The molecule has 0 radical (unpaired) electrons. The summed E-state index contributed by atoms with van der Waals surface area (Å²) in [7, 11) is 0. The van der Waals surface area contributed by atoms with Crippen LogP contribution in [0, 0.1) is 5.92 Å². The second-order valence-corrected chi connectivity index (χ2v) is 7.17. The Bertz CT molecular complexity index is 707. The number of rotatable bonds is 5. The summed E-state index contributed by atoms with van der Waals surface area (Å²) in [4.78, 5) is 38.0. The third-order valence-electron chi connectivity index (χ3n) is 5.38. The van der Waals surface area contributed by atoms with Crippen LogP contribution in [0.5, 0.6) is 0 Å². The monoisotopic (exact) mass is 373 g/mol. The largest absolute Gasteiger partial charge is 0.466 e. The molecule has 1 amide bonds. The zero-order chi connectivity index (χ0) is 19.2. The molecule has 1 aliphatic heterocycles. The van der Waals surface area contributed by atoms with E-state index in [-0.39, 0.29) is 24.4 Å². The number of likely N-dealkylation sites (tertiary alicyclic amines) is 1. The number of hydrogen-bond acceptors (Lipinski definition) is 5. The summed E-state index contributed by atoms with van der Waals surface area (Å²) in [5, 5.41) is 0. The van der Waals surface area contributed by atoms with Crippen LogP contribution in [0.3, 0.4) is 0 Å². The van der Waals surface area contributed by atoms with Gasteiger partial charge in [-0.15, -0.1) is 0 Å². The lowest BCUT2D eigenvalue weighted by Gasteiger charge is -2.30. The van der Waals surface area contributed by atoms with Crippen LogP contribution in [0.4, 0.5) is 0 Å². The molecule has 1 aromatic carbocycles. The van der Waals surface area contributed by atoms with Crippen molar-refractivity contribution in [3.8, 4) is 0 Å². The molecule has 0 N–H and O–H groups in total. The molecule has 6 nitrogen and oxygen atoms in total. The first kappa shape index (κ1) is 19.4. The van der Waals surface area contributed by atoms with Gasteiger partial charge < -0.3 is 14.4 Å². The summed E-state index contributed by atoms with van der Waals surface area (Å²) in [5.41, 5.74) is 3.02. The Morgan fingerprint density at radius 1 is 1.04 bits per heavy atom. The molecule has 1 aromatic rings. The fraction of sp³-hybridized carbons (Fsp3) is 0.571. The normalized spacial score (nSPS) is 17.1. The Morgan fingerprint density at radius 3 is 2.44 bits per heavy atom.